The molecule has 8 heteroatoms. The maximum absolute atomic E-state index is 12.1. The maximum atomic E-state index is 12.1. The second-order valence-electron chi connectivity index (χ2n) is 7.73. The highest BCUT2D eigenvalue weighted by Crippen LogP contribution is 2.06. The average molecular weight is 427 g/mol. The third-order valence-electron chi connectivity index (χ3n) is 5.41. The van der Waals surface area contributed by atoms with Gasteiger partial charge in [0.25, 0.3) is 5.91 Å². The summed E-state index contributed by atoms with van der Waals surface area (Å²) in [6, 6.07) is 8.02. The van der Waals surface area contributed by atoms with Crippen LogP contribution in [0.2, 0.25) is 0 Å². The molecule has 3 rings (SSSR count). The van der Waals surface area contributed by atoms with Crippen LogP contribution in [-0.2, 0) is 9.53 Å². The Labute approximate surface area is 182 Å². The predicted octanol–water partition coefficient (Wildman–Crippen LogP) is -1.68. The fraction of sp³-hybridized carbons (Fsp3) is 0.478. The molecule has 0 saturated carbocycles. The highest BCUT2D eigenvalue weighted by molar-refractivity contribution is 6.01. The van der Waals surface area contributed by atoms with E-state index in [1.54, 1.807) is 0 Å². The summed E-state index contributed by atoms with van der Waals surface area (Å²) >= 11 is 0. The molecular formula is C23H30N4O4. The Morgan fingerprint density at radius 2 is 2.16 bits per heavy atom. The van der Waals surface area contributed by atoms with E-state index in [2.05, 4.69) is 27.7 Å². The van der Waals surface area contributed by atoms with Crippen LogP contribution in [0.5, 0.6) is 0 Å². The molecule has 0 spiro atoms. The molecule has 1 aromatic carbocycles. The van der Waals surface area contributed by atoms with E-state index in [4.69, 9.17) is 9.84 Å². The van der Waals surface area contributed by atoms with Crippen molar-refractivity contribution in [1.82, 2.24) is 15.5 Å². The third kappa shape index (κ3) is 6.99. The van der Waals surface area contributed by atoms with Gasteiger partial charge in [0.15, 0.2) is 0 Å². The van der Waals surface area contributed by atoms with E-state index in [0.29, 0.717) is 0 Å². The number of amides is 1. The Bertz CT molecular complexity index is 947. The van der Waals surface area contributed by atoms with Gasteiger partial charge in [-0.1, -0.05) is 24.3 Å². The molecule has 0 radical (unpaired) electrons. The van der Waals surface area contributed by atoms with Gasteiger partial charge in [0.2, 0.25) is 0 Å². The number of hydrogen-bond acceptors (Lipinski definition) is 7. The SMILES string of the molecule is N#C/C(=C\c1ccc2c(c1)=CCC(NCCN1CCOCC1)C=2)C(=O)NCC(O)CO. The van der Waals surface area contributed by atoms with Gasteiger partial charge in [0.1, 0.15) is 11.6 Å². The van der Waals surface area contributed by atoms with Crippen molar-refractivity contribution in [2.75, 3.05) is 52.5 Å². The Hall–Kier alpha value is -2.54. The number of benzene rings is 1. The number of morpholine rings is 1. The van der Waals surface area contributed by atoms with Gasteiger partial charge in [-0.15, -0.1) is 0 Å². The van der Waals surface area contributed by atoms with Gasteiger partial charge in [-0.3, -0.25) is 9.69 Å². The summed E-state index contributed by atoms with van der Waals surface area (Å²) in [5.74, 6) is -0.576. The number of nitrogens with one attached hydrogen (secondary N) is 2. The number of nitrogens with zero attached hydrogens (tertiary/aromatic N) is 2. The van der Waals surface area contributed by atoms with Crippen LogP contribution in [0.3, 0.4) is 0 Å². The van der Waals surface area contributed by atoms with Crippen molar-refractivity contribution in [1.29, 1.82) is 5.26 Å². The first-order chi connectivity index (χ1) is 15.1. The molecule has 1 saturated heterocycles. The molecule has 1 amide bonds. The summed E-state index contributed by atoms with van der Waals surface area (Å²) in [6.07, 6.45) is 5.75. The van der Waals surface area contributed by atoms with Crippen LogP contribution in [0.15, 0.2) is 23.8 Å². The fourth-order valence-corrected chi connectivity index (χ4v) is 3.61. The van der Waals surface area contributed by atoms with Crippen LogP contribution in [0.25, 0.3) is 18.2 Å². The zero-order chi connectivity index (χ0) is 22.1. The first-order valence-electron chi connectivity index (χ1n) is 10.6. The Morgan fingerprint density at radius 1 is 1.35 bits per heavy atom. The van der Waals surface area contributed by atoms with Crippen LogP contribution < -0.4 is 21.1 Å². The number of aliphatic hydroxyl groups is 2. The number of nitriles is 1. The van der Waals surface area contributed by atoms with E-state index in [1.807, 2.05) is 24.3 Å². The molecule has 166 valence electrons. The maximum Gasteiger partial charge on any atom is 0.262 e. The molecule has 2 unspecified atom stereocenters. The molecule has 0 aromatic heterocycles. The number of ether oxygens (including phenoxy) is 1. The number of hydrogen-bond donors (Lipinski definition) is 4. The highest BCUT2D eigenvalue weighted by Gasteiger charge is 2.13. The first kappa shape index (κ1) is 23.1. The van der Waals surface area contributed by atoms with Crippen molar-refractivity contribution < 1.29 is 19.7 Å². The summed E-state index contributed by atoms with van der Waals surface area (Å²) in [7, 11) is 0. The molecule has 2 atom stereocenters. The van der Waals surface area contributed by atoms with Crippen LogP contribution in [0, 0.1) is 11.3 Å². The second-order valence-corrected chi connectivity index (χ2v) is 7.73. The van der Waals surface area contributed by atoms with E-state index >= 15 is 0 Å². The van der Waals surface area contributed by atoms with E-state index < -0.39 is 18.6 Å². The molecule has 0 bridgehead atoms. The number of fused-ring (bicyclic) bond motifs is 1. The number of rotatable bonds is 9. The molecular weight excluding hydrogens is 396 g/mol. The lowest BCUT2D eigenvalue weighted by Gasteiger charge is -2.27. The molecule has 4 N–H and O–H groups in total. The van der Waals surface area contributed by atoms with Gasteiger partial charge >= 0.3 is 0 Å². The van der Waals surface area contributed by atoms with Crippen molar-refractivity contribution in [3.8, 4) is 6.07 Å². The molecule has 31 heavy (non-hydrogen) atoms. The zero-order valence-electron chi connectivity index (χ0n) is 17.6. The summed E-state index contributed by atoms with van der Waals surface area (Å²) < 4.78 is 5.38. The smallest absolute Gasteiger partial charge is 0.262 e. The van der Waals surface area contributed by atoms with Gasteiger partial charge in [-0.25, -0.2) is 0 Å². The largest absolute Gasteiger partial charge is 0.394 e. The topological polar surface area (TPSA) is 118 Å². The molecule has 1 fully saturated rings. The quantitative estimate of drug-likeness (QED) is 0.275. The van der Waals surface area contributed by atoms with Gasteiger partial charge in [0.05, 0.1) is 25.9 Å². The molecule has 2 aliphatic rings. The first-order valence-corrected chi connectivity index (χ1v) is 10.6. The van der Waals surface area contributed by atoms with Gasteiger partial charge in [-0.05, 0) is 34.6 Å². The molecule has 1 aliphatic heterocycles. The van der Waals surface area contributed by atoms with E-state index in [0.717, 1.165) is 61.8 Å². The lowest BCUT2D eigenvalue weighted by Crippen LogP contribution is -2.43. The fourth-order valence-electron chi connectivity index (χ4n) is 3.61. The monoisotopic (exact) mass is 426 g/mol. The summed E-state index contributed by atoms with van der Waals surface area (Å²) in [5.41, 5.74) is 0.712. The minimum Gasteiger partial charge on any atom is -0.394 e. The zero-order valence-corrected chi connectivity index (χ0v) is 17.6. The number of aliphatic hydroxyl groups excluding tert-OH is 2. The highest BCUT2D eigenvalue weighted by atomic mass is 16.5. The van der Waals surface area contributed by atoms with Gasteiger partial charge in [0, 0.05) is 38.8 Å². The van der Waals surface area contributed by atoms with Crippen molar-refractivity contribution in [2.24, 2.45) is 0 Å². The molecule has 1 heterocycles. The summed E-state index contributed by atoms with van der Waals surface area (Å²) in [4.78, 5) is 14.5. The van der Waals surface area contributed by atoms with Crippen LogP contribution >= 0.6 is 0 Å². The van der Waals surface area contributed by atoms with Gasteiger partial charge in [-0.2, -0.15) is 5.26 Å². The standard InChI is InChI=1S/C23H30N4O4/c24-14-20(23(30)26-15-22(29)16-28)12-17-1-2-19-13-21(4-3-18(19)11-17)25-5-6-27-7-9-31-10-8-27/h1-3,11-13,21-22,25,28-29H,4-10,15-16H2,(H,26,30)/b20-12+. The Balaban J connectivity index is 1.60. The lowest BCUT2D eigenvalue weighted by atomic mass is 10.0. The Morgan fingerprint density at radius 3 is 2.90 bits per heavy atom. The predicted molar refractivity (Wildman–Crippen MR) is 118 cm³/mol. The van der Waals surface area contributed by atoms with Crippen LogP contribution in [0.1, 0.15) is 12.0 Å². The number of carbonyl (C=O) groups excluding carboxylic acids is 1. The second kappa shape index (κ2) is 11.7. The van der Waals surface area contributed by atoms with Crippen molar-refractivity contribution in [3.05, 3.63) is 39.8 Å². The Kier molecular flexibility index (Phi) is 8.76. The van der Waals surface area contributed by atoms with Crippen molar-refractivity contribution >= 4 is 24.1 Å². The van der Waals surface area contributed by atoms with E-state index in [-0.39, 0.29) is 18.2 Å². The van der Waals surface area contributed by atoms with E-state index in [1.165, 1.54) is 6.08 Å². The van der Waals surface area contributed by atoms with Gasteiger partial charge < -0.3 is 25.6 Å². The van der Waals surface area contributed by atoms with E-state index in [9.17, 15) is 15.2 Å². The minimum absolute atomic E-state index is 0.0486. The minimum atomic E-state index is -1.05. The molecule has 8 nitrogen and oxygen atoms in total. The molecule has 1 aliphatic carbocycles. The van der Waals surface area contributed by atoms with Crippen LogP contribution in [-0.4, -0.2) is 85.7 Å². The average Bonchev–Trinajstić information content (AvgIpc) is 2.81. The summed E-state index contributed by atoms with van der Waals surface area (Å²) in [5, 5.41) is 35.7. The number of carbonyl (C=O) groups is 1. The van der Waals surface area contributed by atoms with Crippen molar-refractivity contribution in [2.45, 2.75) is 18.6 Å². The normalized spacial score (nSPS) is 20.0. The molecule has 1 aromatic rings. The lowest BCUT2D eigenvalue weighted by molar-refractivity contribution is -0.117. The van der Waals surface area contributed by atoms with Crippen LogP contribution in [0.4, 0.5) is 0 Å². The van der Waals surface area contributed by atoms with Crippen molar-refractivity contribution in [3.63, 3.8) is 0 Å². The summed E-state index contributed by atoms with van der Waals surface area (Å²) in [6.45, 7) is 4.99. The third-order valence-corrected chi connectivity index (χ3v) is 5.41.